The molecule has 0 aliphatic carbocycles. The van der Waals surface area contributed by atoms with Gasteiger partial charge in [-0.15, -0.1) is 4.48 Å². The second-order valence-electron chi connectivity index (χ2n) is 2.49. The third kappa shape index (κ3) is 6.73. The number of hydrogen-bond acceptors (Lipinski definition) is 4. The number of hydrogen-bond donors (Lipinski definition) is 4. The number of rotatable bonds is 2. The minimum atomic E-state index is -1.82. The van der Waals surface area contributed by atoms with Gasteiger partial charge in [-0.25, -0.2) is 18.4 Å². The minimum Gasteiger partial charge on any atom is -0.473 e. The van der Waals surface area contributed by atoms with Gasteiger partial charge in [-0.05, 0) is 12.1 Å². The first kappa shape index (κ1) is 14.7. The summed E-state index contributed by atoms with van der Waals surface area (Å²) in [6.45, 7) is 0. The highest BCUT2D eigenvalue weighted by atomic mass is 19.2. The molecular formula is C8H7F3N2O4. The van der Waals surface area contributed by atoms with Crippen LogP contribution >= 0.6 is 0 Å². The van der Waals surface area contributed by atoms with Crippen LogP contribution in [0.25, 0.3) is 0 Å². The highest BCUT2D eigenvalue weighted by molar-refractivity contribution is 6.27. The minimum absolute atomic E-state index is 0.00926. The number of nitrogens with one attached hydrogen (secondary N) is 2. The molecule has 0 radical (unpaired) electrons. The van der Waals surface area contributed by atoms with Gasteiger partial charge in [-0.2, -0.15) is 0 Å². The zero-order valence-electron chi connectivity index (χ0n) is 8.08. The molecule has 0 spiro atoms. The third-order valence-electron chi connectivity index (χ3n) is 1.24. The third-order valence-corrected chi connectivity index (χ3v) is 1.24. The number of aliphatic carboxylic acids is 2. The summed E-state index contributed by atoms with van der Waals surface area (Å²) in [6.07, 6.45) is 0. The number of carbonyl (C=O) groups is 2. The lowest BCUT2D eigenvalue weighted by atomic mass is 10.3. The molecule has 4 N–H and O–H groups in total. The molecule has 0 aromatic heterocycles. The molecule has 0 aliphatic heterocycles. The largest absolute Gasteiger partial charge is 0.473 e. The van der Waals surface area contributed by atoms with E-state index in [0.29, 0.717) is 6.07 Å². The van der Waals surface area contributed by atoms with Gasteiger partial charge in [0.05, 0.1) is 5.69 Å². The molecule has 94 valence electrons. The maximum Gasteiger partial charge on any atom is 0.414 e. The van der Waals surface area contributed by atoms with E-state index >= 15 is 0 Å². The van der Waals surface area contributed by atoms with Crippen molar-refractivity contribution >= 4 is 17.6 Å². The number of anilines is 1. The summed E-state index contributed by atoms with van der Waals surface area (Å²) in [7, 11) is 0. The number of hydrazine groups is 1. The second kappa shape index (κ2) is 7.06. The Morgan fingerprint density at radius 1 is 1.00 bits per heavy atom. The summed E-state index contributed by atoms with van der Waals surface area (Å²) in [6, 6.07) is 2.61. The molecule has 0 atom stereocenters. The Morgan fingerprint density at radius 2 is 1.41 bits per heavy atom. The van der Waals surface area contributed by atoms with E-state index in [1.165, 1.54) is 0 Å². The van der Waals surface area contributed by atoms with Gasteiger partial charge in [0.2, 0.25) is 0 Å². The molecule has 0 amide bonds. The highest BCUT2D eigenvalue weighted by Gasteiger charge is 2.04. The standard InChI is InChI=1S/C6H5F3N2.C2H2O4/c7-4-1-5(8)3-6(2-4)10-11-9;3-1(4)2(5)6/h1-3,10-11H;(H,3,4)(H,5,6). The van der Waals surface area contributed by atoms with Crippen molar-refractivity contribution < 1.29 is 33.1 Å². The Bertz CT molecular complexity index is 382. The van der Waals surface area contributed by atoms with Crippen LogP contribution in [0.4, 0.5) is 18.9 Å². The van der Waals surface area contributed by atoms with Crippen LogP contribution in [0.15, 0.2) is 18.2 Å². The van der Waals surface area contributed by atoms with Crippen molar-refractivity contribution in [2.24, 2.45) is 0 Å². The predicted octanol–water partition coefficient (Wildman–Crippen LogP) is 0.921. The van der Waals surface area contributed by atoms with E-state index in [0.717, 1.165) is 17.8 Å². The number of halogens is 3. The van der Waals surface area contributed by atoms with Gasteiger partial charge in [0, 0.05) is 6.07 Å². The average Bonchev–Trinajstić information content (AvgIpc) is 2.17. The van der Waals surface area contributed by atoms with Crippen LogP contribution in [0, 0.1) is 11.6 Å². The van der Waals surface area contributed by atoms with Crippen molar-refractivity contribution in [1.82, 2.24) is 5.65 Å². The molecule has 0 fully saturated rings. The van der Waals surface area contributed by atoms with Crippen LogP contribution in [-0.4, -0.2) is 22.2 Å². The zero-order chi connectivity index (χ0) is 13.4. The molecule has 0 unspecified atom stereocenters. The first-order valence-electron chi connectivity index (χ1n) is 3.90. The van der Waals surface area contributed by atoms with Crippen molar-refractivity contribution in [3.63, 3.8) is 0 Å². The summed E-state index contributed by atoms with van der Waals surface area (Å²) >= 11 is 0. The van der Waals surface area contributed by atoms with E-state index in [1.54, 1.807) is 0 Å². The van der Waals surface area contributed by atoms with Crippen LogP contribution in [0.2, 0.25) is 0 Å². The molecule has 0 saturated carbocycles. The van der Waals surface area contributed by atoms with Gasteiger partial charge in [0.15, 0.2) is 0 Å². The van der Waals surface area contributed by atoms with Gasteiger partial charge in [0.1, 0.15) is 11.6 Å². The molecule has 0 heterocycles. The Balaban J connectivity index is 0.000000366. The fourth-order valence-electron chi connectivity index (χ4n) is 0.681. The first-order chi connectivity index (χ1) is 7.86. The first-order valence-corrected chi connectivity index (χ1v) is 3.90. The predicted molar refractivity (Wildman–Crippen MR) is 49.5 cm³/mol. The van der Waals surface area contributed by atoms with E-state index in [1.807, 2.05) is 5.43 Å². The van der Waals surface area contributed by atoms with E-state index in [4.69, 9.17) is 19.8 Å². The molecule has 0 saturated heterocycles. The molecule has 0 aliphatic rings. The van der Waals surface area contributed by atoms with Gasteiger partial charge in [-0.1, -0.05) is 5.65 Å². The van der Waals surface area contributed by atoms with Gasteiger partial charge < -0.3 is 10.2 Å². The van der Waals surface area contributed by atoms with E-state index < -0.39 is 23.6 Å². The van der Waals surface area contributed by atoms with Gasteiger partial charge >= 0.3 is 11.9 Å². The molecule has 0 bridgehead atoms. The topological polar surface area (TPSA) is 98.7 Å². The fourth-order valence-corrected chi connectivity index (χ4v) is 0.681. The summed E-state index contributed by atoms with van der Waals surface area (Å²) in [5.41, 5.74) is 2.94. The molecule has 9 heteroatoms. The van der Waals surface area contributed by atoms with Gasteiger partial charge in [-0.3, -0.25) is 5.43 Å². The number of benzene rings is 1. The summed E-state index contributed by atoms with van der Waals surface area (Å²) in [4.78, 5) is 18.2. The Kier molecular flexibility index (Phi) is 6.11. The normalized spacial score (nSPS) is 8.88. The van der Waals surface area contributed by atoms with Crippen molar-refractivity contribution in [1.29, 1.82) is 0 Å². The molecule has 1 rings (SSSR count). The van der Waals surface area contributed by atoms with E-state index in [9.17, 15) is 13.3 Å². The quantitative estimate of drug-likeness (QED) is 0.355. The molecule has 17 heavy (non-hydrogen) atoms. The van der Waals surface area contributed by atoms with Crippen molar-refractivity contribution in [3.05, 3.63) is 29.8 Å². The molecular weight excluding hydrogens is 245 g/mol. The SMILES string of the molecule is FNNc1cc(F)cc(F)c1.O=C(O)C(=O)O. The summed E-state index contributed by atoms with van der Waals surface area (Å²) in [5.74, 6) is -5.17. The lowest BCUT2D eigenvalue weighted by Crippen LogP contribution is -2.10. The Hall–Kier alpha value is -2.29. The second-order valence-corrected chi connectivity index (χ2v) is 2.49. The Labute approximate surface area is 92.6 Å². The molecule has 6 nitrogen and oxygen atoms in total. The van der Waals surface area contributed by atoms with E-state index in [2.05, 4.69) is 0 Å². The lowest BCUT2D eigenvalue weighted by molar-refractivity contribution is -0.159. The van der Waals surface area contributed by atoms with Crippen molar-refractivity contribution in [2.75, 3.05) is 5.43 Å². The fraction of sp³-hybridized carbons (Fsp3) is 0. The molecule has 1 aromatic rings. The highest BCUT2D eigenvalue weighted by Crippen LogP contribution is 2.11. The smallest absolute Gasteiger partial charge is 0.414 e. The van der Waals surface area contributed by atoms with Crippen LogP contribution in [0.5, 0.6) is 0 Å². The maximum absolute atomic E-state index is 12.3. The molecule has 1 aromatic carbocycles. The van der Waals surface area contributed by atoms with Crippen LogP contribution in [-0.2, 0) is 9.59 Å². The average molecular weight is 252 g/mol. The summed E-state index contributed by atoms with van der Waals surface area (Å²) in [5, 5.41) is 14.8. The lowest BCUT2D eigenvalue weighted by Gasteiger charge is -2.00. The monoisotopic (exact) mass is 252 g/mol. The van der Waals surface area contributed by atoms with Gasteiger partial charge in [0.25, 0.3) is 0 Å². The number of carboxylic acid groups (broad SMARTS) is 2. The Morgan fingerprint density at radius 3 is 1.71 bits per heavy atom. The van der Waals surface area contributed by atoms with Crippen molar-refractivity contribution in [3.8, 4) is 0 Å². The van der Waals surface area contributed by atoms with Crippen LogP contribution in [0.1, 0.15) is 0 Å². The summed E-state index contributed by atoms with van der Waals surface area (Å²) < 4.78 is 36.0. The zero-order valence-corrected chi connectivity index (χ0v) is 8.08. The van der Waals surface area contributed by atoms with Crippen LogP contribution in [0.3, 0.4) is 0 Å². The van der Waals surface area contributed by atoms with E-state index in [-0.39, 0.29) is 5.69 Å². The van der Waals surface area contributed by atoms with Crippen molar-refractivity contribution in [2.45, 2.75) is 0 Å². The number of carboxylic acids is 2. The maximum atomic E-state index is 12.3. The van der Waals surface area contributed by atoms with Crippen LogP contribution < -0.4 is 11.1 Å².